The van der Waals surface area contributed by atoms with Crippen LogP contribution >= 0.6 is 31.9 Å². The summed E-state index contributed by atoms with van der Waals surface area (Å²) in [5.74, 6) is 1.74. The van der Waals surface area contributed by atoms with E-state index in [1.807, 2.05) is 0 Å². The first-order valence-electron chi connectivity index (χ1n) is 6.43. The summed E-state index contributed by atoms with van der Waals surface area (Å²) in [5, 5.41) is 3.55. The van der Waals surface area contributed by atoms with Gasteiger partial charge in [0.1, 0.15) is 5.75 Å². The second-order valence-electron chi connectivity index (χ2n) is 4.87. The summed E-state index contributed by atoms with van der Waals surface area (Å²) in [6.45, 7) is 2.05. The minimum Gasteiger partial charge on any atom is -0.494 e. The quantitative estimate of drug-likeness (QED) is 0.816. The molecule has 0 spiro atoms. The van der Waals surface area contributed by atoms with E-state index in [0.717, 1.165) is 33.7 Å². The topological polar surface area (TPSA) is 21.3 Å². The van der Waals surface area contributed by atoms with Crippen LogP contribution in [0.4, 0.5) is 0 Å². The zero-order chi connectivity index (χ0) is 13.0. The van der Waals surface area contributed by atoms with Crippen molar-refractivity contribution in [1.29, 1.82) is 0 Å². The van der Waals surface area contributed by atoms with Crippen molar-refractivity contribution in [2.75, 3.05) is 13.7 Å². The third-order valence-electron chi connectivity index (χ3n) is 3.50. The lowest BCUT2D eigenvalue weighted by atomic mass is 10.1. The Hall–Kier alpha value is -0.0600. The summed E-state index contributed by atoms with van der Waals surface area (Å²) >= 11 is 7.07. The van der Waals surface area contributed by atoms with E-state index in [1.165, 1.54) is 31.2 Å². The predicted molar refractivity (Wildman–Crippen MR) is 82.1 cm³/mol. The minimum atomic E-state index is 0.856. The highest BCUT2D eigenvalue weighted by molar-refractivity contribution is 9.11. The number of nitrogens with one attached hydrogen (secondary N) is 1. The van der Waals surface area contributed by atoms with Gasteiger partial charge < -0.3 is 10.1 Å². The first-order chi connectivity index (χ1) is 8.70. The minimum absolute atomic E-state index is 0.856. The molecule has 2 nitrogen and oxygen atoms in total. The molecule has 100 valence electrons. The fourth-order valence-electron chi connectivity index (χ4n) is 2.54. The van der Waals surface area contributed by atoms with Gasteiger partial charge in [-0.2, -0.15) is 0 Å². The molecule has 1 aliphatic rings. The van der Waals surface area contributed by atoms with Crippen molar-refractivity contribution >= 4 is 31.9 Å². The Labute approximate surface area is 126 Å². The molecule has 0 saturated heterocycles. The van der Waals surface area contributed by atoms with Crippen LogP contribution in [0.1, 0.15) is 31.2 Å². The lowest BCUT2D eigenvalue weighted by molar-refractivity contribution is 0.409. The molecule has 0 bridgehead atoms. The number of hydrogen-bond acceptors (Lipinski definition) is 2. The second-order valence-corrected chi connectivity index (χ2v) is 6.58. The first-order valence-corrected chi connectivity index (χ1v) is 8.02. The van der Waals surface area contributed by atoms with Gasteiger partial charge in [-0.1, -0.05) is 12.8 Å². The molecule has 0 atom stereocenters. The van der Waals surface area contributed by atoms with E-state index in [-0.39, 0.29) is 0 Å². The van der Waals surface area contributed by atoms with Gasteiger partial charge in [0, 0.05) is 6.54 Å². The van der Waals surface area contributed by atoms with Crippen molar-refractivity contribution in [3.63, 3.8) is 0 Å². The molecule has 1 aromatic carbocycles. The van der Waals surface area contributed by atoms with Crippen LogP contribution in [0.25, 0.3) is 0 Å². The number of benzene rings is 1. The van der Waals surface area contributed by atoms with E-state index in [0.29, 0.717) is 0 Å². The third kappa shape index (κ3) is 3.72. The molecule has 1 aromatic rings. The van der Waals surface area contributed by atoms with Gasteiger partial charge >= 0.3 is 0 Å². The lowest BCUT2D eigenvalue weighted by Crippen LogP contribution is -2.20. The number of hydrogen-bond donors (Lipinski definition) is 1. The van der Waals surface area contributed by atoms with Crippen molar-refractivity contribution in [3.05, 3.63) is 26.6 Å². The zero-order valence-corrected chi connectivity index (χ0v) is 13.8. The summed E-state index contributed by atoms with van der Waals surface area (Å²) in [5.41, 5.74) is 1.27. The SMILES string of the molecule is COc1c(Br)cc(CNCC2CCCC2)cc1Br. The molecule has 1 aliphatic carbocycles. The van der Waals surface area contributed by atoms with Crippen LogP contribution in [-0.2, 0) is 6.54 Å². The van der Waals surface area contributed by atoms with Gasteiger partial charge in [-0.15, -0.1) is 0 Å². The molecule has 0 aromatic heterocycles. The Balaban J connectivity index is 1.89. The largest absolute Gasteiger partial charge is 0.494 e. The number of methoxy groups -OCH3 is 1. The molecule has 0 aliphatic heterocycles. The van der Waals surface area contributed by atoms with Gasteiger partial charge in [-0.25, -0.2) is 0 Å². The van der Waals surface area contributed by atoms with E-state index >= 15 is 0 Å². The molecule has 0 unspecified atom stereocenters. The lowest BCUT2D eigenvalue weighted by Gasteiger charge is -2.12. The Bertz CT molecular complexity index is 380. The predicted octanol–water partition coefficient (Wildman–Crippen LogP) is 4.50. The fraction of sp³-hybridized carbons (Fsp3) is 0.571. The summed E-state index contributed by atoms with van der Waals surface area (Å²) in [6, 6.07) is 4.23. The third-order valence-corrected chi connectivity index (χ3v) is 4.68. The molecule has 0 heterocycles. The van der Waals surface area contributed by atoms with Crippen LogP contribution in [-0.4, -0.2) is 13.7 Å². The molecule has 18 heavy (non-hydrogen) atoms. The van der Waals surface area contributed by atoms with Crippen LogP contribution in [0.5, 0.6) is 5.75 Å². The van der Waals surface area contributed by atoms with Gasteiger partial charge in [0.25, 0.3) is 0 Å². The molecular formula is C14H19Br2NO. The van der Waals surface area contributed by atoms with Gasteiger partial charge in [-0.3, -0.25) is 0 Å². The number of rotatable bonds is 5. The summed E-state index contributed by atoms with van der Waals surface area (Å²) < 4.78 is 7.30. The summed E-state index contributed by atoms with van der Waals surface area (Å²) in [7, 11) is 1.68. The van der Waals surface area contributed by atoms with Gasteiger partial charge in [0.2, 0.25) is 0 Å². The van der Waals surface area contributed by atoms with Crippen LogP contribution < -0.4 is 10.1 Å². The molecule has 0 amide bonds. The highest BCUT2D eigenvalue weighted by atomic mass is 79.9. The Morgan fingerprint density at radius 3 is 2.39 bits per heavy atom. The number of ether oxygens (including phenoxy) is 1. The van der Waals surface area contributed by atoms with E-state index in [4.69, 9.17) is 4.74 Å². The van der Waals surface area contributed by atoms with E-state index in [1.54, 1.807) is 7.11 Å². The average molecular weight is 377 g/mol. The van der Waals surface area contributed by atoms with Crippen LogP contribution in [0.3, 0.4) is 0 Å². The van der Waals surface area contributed by atoms with E-state index in [2.05, 4.69) is 49.3 Å². The second kappa shape index (κ2) is 6.92. The van der Waals surface area contributed by atoms with Crippen LogP contribution in [0.2, 0.25) is 0 Å². The average Bonchev–Trinajstić information content (AvgIpc) is 2.82. The first kappa shape index (κ1) is 14.4. The molecule has 4 heteroatoms. The molecule has 1 N–H and O–H groups in total. The van der Waals surface area contributed by atoms with Crippen LogP contribution in [0.15, 0.2) is 21.1 Å². The Morgan fingerprint density at radius 1 is 1.22 bits per heavy atom. The molecule has 1 fully saturated rings. The summed E-state index contributed by atoms with van der Waals surface area (Å²) in [4.78, 5) is 0. The molecule has 2 rings (SSSR count). The van der Waals surface area contributed by atoms with Gasteiger partial charge in [0.05, 0.1) is 16.1 Å². The maximum absolute atomic E-state index is 5.30. The van der Waals surface area contributed by atoms with Crippen molar-refractivity contribution in [1.82, 2.24) is 5.32 Å². The molecule has 1 saturated carbocycles. The molecular weight excluding hydrogens is 358 g/mol. The van der Waals surface area contributed by atoms with E-state index < -0.39 is 0 Å². The zero-order valence-electron chi connectivity index (χ0n) is 10.6. The van der Waals surface area contributed by atoms with Gasteiger partial charge in [-0.05, 0) is 74.9 Å². The standard InChI is InChI=1S/C14H19Br2NO/c1-18-14-12(15)6-11(7-13(14)16)9-17-8-10-4-2-3-5-10/h6-7,10,17H,2-5,8-9H2,1H3. The normalized spacial score (nSPS) is 16.2. The Kier molecular flexibility index (Phi) is 5.52. The summed E-state index contributed by atoms with van der Waals surface area (Å²) in [6.07, 6.45) is 5.60. The van der Waals surface area contributed by atoms with E-state index in [9.17, 15) is 0 Å². The Morgan fingerprint density at radius 2 is 1.83 bits per heavy atom. The highest BCUT2D eigenvalue weighted by Crippen LogP contribution is 2.34. The smallest absolute Gasteiger partial charge is 0.147 e. The maximum Gasteiger partial charge on any atom is 0.147 e. The fourth-order valence-corrected chi connectivity index (χ4v) is 4.15. The van der Waals surface area contributed by atoms with Crippen molar-refractivity contribution in [3.8, 4) is 5.75 Å². The van der Waals surface area contributed by atoms with Crippen molar-refractivity contribution in [2.24, 2.45) is 5.92 Å². The van der Waals surface area contributed by atoms with Crippen LogP contribution in [0, 0.1) is 5.92 Å². The maximum atomic E-state index is 5.30. The van der Waals surface area contributed by atoms with Crippen molar-refractivity contribution in [2.45, 2.75) is 32.2 Å². The van der Waals surface area contributed by atoms with Crippen molar-refractivity contribution < 1.29 is 4.74 Å². The highest BCUT2D eigenvalue weighted by Gasteiger charge is 2.14. The van der Waals surface area contributed by atoms with Gasteiger partial charge in [0.15, 0.2) is 0 Å². The monoisotopic (exact) mass is 375 g/mol. The number of halogens is 2. The molecule has 0 radical (unpaired) electrons.